The van der Waals surface area contributed by atoms with Crippen molar-refractivity contribution in [3.63, 3.8) is 0 Å². The molecular formula is C14H13BrO3. The Balaban J connectivity index is 2.22. The van der Waals surface area contributed by atoms with Crippen molar-refractivity contribution in [2.45, 2.75) is 25.7 Å². The Morgan fingerprint density at radius 3 is 2.72 bits per heavy atom. The van der Waals surface area contributed by atoms with Crippen molar-refractivity contribution in [1.82, 2.24) is 0 Å². The molecular weight excluding hydrogens is 296 g/mol. The monoisotopic (exact) mass is 308 g/mol. The zero-order chi connectivity index (χ0) is 13.1. The summed E-state index contributed by atoms with van der Waals surface area (Å²) in [4.78, 5) is 22.6. The lowest BCUT2D eigenvalue weighted by atomic mass is 9.86. The minimum Gasteiger partial charge on any atom is -0.431 e. The fraction of sp³-hybridized carbons (Fsp3) is 0.286. The molecule has 0 amide bonds. The number of carbonyl (C=O) groups excluding carboxylic acids is 2. The van der Waals surface area contributed by atoms with E-state index in [1.165, 1.54) is 13.0 Å². The molecule has 1 aliphatic rings. The second-order valence-corrected chi connectivity index (χ2v) is 5.15. The Morgan fingerprint density at radius 2 is 2.06 bits per heavy atom. The van der Waals surface area contributed by atoms with Gasteiger partial charge in [-0.3, -0.25) is 9.59 Å². The van der Waals surface area contributed by atoms with Gasteiger partial charge in [0.25, 0.3) is 0 Å². The lowest BCUT2D eigenvalue weighted by molar-refractivity contribution is -0.137. The van der Waals surface area contributed by atoms with Gasteiger partial charge in [0, 0.05) is 30.3 Å². The number of benzene rings is 1. The van der Waals surface area contributed by atoms with Crippen molar-refractivity contribution < 1.29 is 14.3 Å². The molecule has 0 radical (unpaired) electrons. The van der Waals surface area contributed by atoms with Gasteiger partial charge in [0.1, 0.15) is 5.76 Å². The van der Waals surface area contributed by atoms with Crippen LogP contribution in [0.3, 0.4) is 0 Å². The average molecular weight is 309 g/mol. The second-order valence-electron chi connectivity index (χ2n) is 4.30. The third kappa shape index (κ3) is 3.07. The molecule has 0 heterocycles. The number of ether oxygens (including phenoxy) is 1. The Morgan fingerprint density at radius 1 is 1.33 bits per heavy atom. The molecule has 0 spiro atoms. The van der Waals surface area contributed by atoms with Crippen LogP contribution in [0.2, 0.25) is 0 Å². The molecule has 0 aromatic heterocycles. The van der Waals surface area contributed by atoms with Crippen molar-refractivity contribution in [1.29, 1.82) is 0 Å². The first-order valence-electron chi connectivity index (χ1n) is 5.72. The Hall–Kier alpha value is -1.42. The maximum atomic E-state index is 11.7. The van der Waals surface area contributed by atoms with E-state index in [9.17, 15) is 9.59 Å². The van der Waals surface area contributed by atoms with Crippen molar-refractivity contribution in [2.75, 3.05) is 0 Å². The normalized spacial score (nSPS) is 19.3. The summed E-state index contributed by atoms with van der Waals surface area (Å²) in [6.45, 7) is 1.34. The molecule has 0 bridgehead atoms. The molecule has 0 saturated heterocycles. The molecule has 1 aromatic rings. The van der Waals surface area contributed by atoms with Crippen LogP contribution in [-0.2, 0) is 14.3 Å². The van der Waals surface area contributed by atoms with Crippen LogP contribution in [0.5, 0.6) is 0 Å². The minimum absolute atomic E-state index is 0.00162. The number of esters is 1. The predicted octanol–water partition coefficient (Wildman–Crippen LogP) is 3.34. The number of carbonyl (C=O) groups is 2. The highest BCUT2D eigenvalue weighted by molar-refractivity contribution is 9.10. The number of allylic oxidation sites excluding steroid dienone is 2. The first-order valence-corrected chi connectivity index (χ1v) is 6.52. The molecule has 0 fully saturated rings. The Bertz CT molecular complexity index is 520. The van der Waals surface area contributed by atoms with Gasteiger partial charge in [0.05, 0.1) is 0 Å². The first-order chi connectivity index (χ1) is 8.56. The van der Waals surface area contributed by atoms with Crippen LogP contribution in [0.25, 0.3) is 0 Å². The van der Waals surface area contributed by atoms with E-state index in [0.29, 0.717) is 18.6 Å². The van der Waals surface area contributed by atoms with E-state index in [2.05, 4.69) is 15.9 Å². The van der Waals surface area contributed by atoms with Crippen LogP contribution in [-0.4, -0.2) is 11.8 Å². The van der Waals surface area contributed by atoms with Crippen LogP contribution < -0.4 is 0 Å². The quantitative estimate of drug-likeness (QED) is 0.787. The highest BCUT2D eigenvalue weighted by atomic mass is 79.9. The smallest absolute Gasteiger partial charge is 0.307 e. The summed E-state index contributed by atoms with van der Waals surface area (Å²) in [6, 6.07) is 7.80. The van der Waals surface area contributed by atoms with Crippen molar-refractivity contribution in [3.05, 3.63) is 46.1 Å². The van der Waals surface area contributed by atoms with Crippen LogP contribution >= 0.6 is 15.9 Å². The molecule has 4 heteroatoms. The summed E-state index contributed by atoms with van der Waals surface area (Å²) in [5.74, 6) is 0.131. The van der Waals surface area contributed by atoms with Gasteiger partial charge in [0.2, 0.25) is 0 Å². The summed E-state index contributed by atoms with van der Waals surface area (Å²) in [5, 5.41) is 0. The van der Waals surface area contributed by atoms with Gasteiger partial charge in [-0.2, -0.15) is 0 Å². The predicted molar refractivity (Wildman–Crippen MR) is 71.0 cm³/mol. The fourth-order valence-electron chi connectivity index (χ4n) is 2.14. The highest BCUT2D eigenvalue weighted by Crippen LogP contribution is 2.35. The summed E-state index contributed by atoms with van der Waals surface area (Å²) in [7, 11) is 0. The highest BCUT2D eigenvalue weighted by Gasteiger charge is 2.25. The molecule has 2 rings (SSSR count). The fourth-order valence-corrected chi connectivity index (χ4v) is 2.75. The lowest BCUT2D eigenvalue weighted by Crippen LogP contribution is -2.15. The van der Waals surface area contributed by atoms with E-state index in [0.717, 1.165) is 10.0 Å². The van der Waals surface area contributed by atoms with E-state index in [1.807, 2.05) is 24.3 Å². The lowest BCUT2D eigenvalue weighted by Gasteiger charge is -2.22. The molecule has 1 unspecified atom stereocenters. The van der Waals surface area contributed by atoms with E-state index in [4.69, 9.17) is 4.74 Å². The van der Waals surface area contributed by atoms with E-state index in [-0.39, 0.29) is 17.7 Å². The molecule has 94 valence electrons. The number of rotatable bonds is 2. The number of ketones is 1. The van der Waals surface area contributed by atoms with Gasteiger partial charge < -0.3 is 4.74 Å². The maximum absolute atomic E-state index is 11.7. The Kier molecular flexibility index (Phi) is 3.97. The molecule has 0 saturated carbocycles. The van der Waals surface area contributed by atoms with Crippen molar-refractivity contribution in [2.24, 2.45) is 0 Å². The molecule has 1 aliphatic carbocycles. The summed E-state index contributed by atoms with van der Waals surface area (Å²) in [6.07, 6.45) is 2.45. The third-order valence-electron chi connectivity index (χ3n) is 2.84. The molecule has 1 atom stereocenters. The molecule has 3 nitrogen and oxygen atoms in total. The molecule has 0 aliphatic heterocycles. The van der Waals surface area contributed by atoms with E-state index >= 15 is 0 Å². The van der Waals surface area contributed by atoms with Crippen LogP contribution in [0, 0.1) is 0 Å². The maximum Gasteiger partial charge on any atom is 0.307 e. The zero-order valence-corrected chi connectivity index (χ0v) is 11.6. The summed E-state index contributed by atoms with van der Waals surface area (Å²) in [5.41, 5.74) is 1.07. The Labute approximate surface area is 114 Å². The topological polar surface area (TPSA) is 43.4 Å². The number of halogens is 1. The second kappa shape index (κ2) is 5.48. The zero-order valence-electron chi connectivity index (χ0n) is 9.98. The van der Waals surface area contributed by atoms with E-state index < -0.39 is 0 Å². The van der Waals surface area contributed by atoms with Crippen LogP contribution in [0.4, 0.5) is 0 Å². The number of hydrogen-bond donors (Lipinski definition) is 0. The average Bonchev–Trinajstić information content (AvgIpc) is 2.27. The summed E-state index contributed by atoms with van der Waals surface area (Å²) >= 11 is 3.48. The minimum atomic E-state index is -0.387. The van der Waals surface area contributed by atoms with Gasteiger partial charge in [-0.15, -0.1) is 0 Å². The van der Waals surface area contributed by atoms with Crippen molar-refractivity contribution in [3.8, 4) is 0 Å². The van der Waals surface area contributed by atoms with E-state index in [1.54, 1.807) is 0 Å². The largest absolute Gasteiger partial charge is 0.431 e. The molecule has 1 aromatic carbocycles. The molecule has 0 N–H and O–H groups in total. The van der Waals surface area contributed by atoms with Gasteiger partial charge in [-0.05, 0) is 17.5 Å². The first kappa shape index (κ1) is 13.0. The summed E-state index contributed by atoms with van der Waals surface area (Å²) < 4.78 is 6.02. The van der Waals surface area contributed by atoms with Gasteiger partial charge in [-0.25, -0.2) is 0 Å². The van der Waals surface area contributed by atoms with Gasteiger partial charge >= 0.3 is 5.97 Å². The molecule has 18 heavy (non-hydrogen) atoms. The SMILES string of the molecule is CC(=O)OC1=CC(=O)CC(c2ccccc2Br)C1. The third-order valence-corrected chi connectivity index (χ3v) is 3.56. The van der Waals surface area contributed by atoms with Crippen LogP contribution in [0.1, 0.15) is 31.2 Å². The number of hydrogen-bond acceptors (Lipinski definition) is 3. The van der Waals surface area contributed by atoms with Crippen molar-refractivity contribution >= 4 is 27.7 Å². The van der Waals surface area contributed by atoms with Gasteiger partial charge in [0.15, 0.2) is 5.78 Å². The van der Waals surface area contributed by atoms with Crippen LogP contribution in [0.15, 0.2) is 40.6 Å². The standard InChI is InChI=1S/C14H13BrO3/c1-9(16)18-12-7-10(6-11(17)8-12)13-4-2-3-5-14(13)15/h2-5,8,10H,6-7H2,1H3. The van der Waals surface area contributed by atoms with Gasteiger partial charge in [-0.1, -0.05) is 34.1 Å².